The average Bonchev–Trinajstić information content (AvgIpc) is 2.75. The number of halogens is 3. The van der Waals surface area contributed by atoms with E-state index < -0.39 is 24.7 Å². The van der Waals surface area contributed by atoms with E-state index in [-0.39, 0.29) is 19.1 Å². The molecule has 1 atom stereocenters. The van der Waals surface area contributed by atoms with Gasteiger partial charge in [-0.2, -0.15) is 13.2 Å². The predicted molar refractivity (Wildman–Crippen MR) is 59.5 cm³/mol. The van der Waals surface area contributed by atoms with Gasteiger partial charge in [0.15, 0.2) is 0 Å². The molecule has 0 aromatic carbocycles. The molecule has 0 bridgehead atoms. The van der Waals surface area contributed by atoms with E-state index in [4.69, 9.17) is 0 Å². The fourth-order valence-electron chi connectivity index (χ4n) is 1.75. The van der Waals surface area contributed by atoms with E-state index in [1.165, 1.54) is 12.0 Å². The van der Waals surface area contributed by atoms with Crippen LogP contribution in [0.5, 0.6) is 0 Å². The summed E-state index contributed by atoms with van der Waals surface area (Å²) in [7, 11) is 1.23. The number of nitrogens with zero attached hydrogens (tertiary/aromatic N) is 1. The Kier molecular flexibility index (Phi) is 5.40. The van der Waals surface area contributed by atoms with Crippen LogP contribution in [0.2, 0.25) is 0 Å². The van der Waals surface area contributed by atoms with E-state index in [0.717, 1.165) is 0 Å². The van der Waals surface area contributed by atoms with Gasteiger partial charge in [-0.25, -0.2) is 4.79 Å². The van der Waals surface area contributed by atoms with Crippen molar-refractivity contribution in [3.8, 4) is 0 Å². The third-order valence-corrected chi connectivity index (χ3v) is 2.65. The van der Waals surface area contributed by atoms with E-state index in [1.807, 2.05) is 5.32 Å². The first kappa shape index (κ1) is 15.5. The summed E-state index contributed by atoms with van der Waals surface area (Å²) in [5.74, 6) is -0.418. The third kappa shape index (κ3) is 5.77. The van der Waals surface area contributed by atoms with Gasteiger partial charge < -0.3 is 20.3 Å². The van der Waals surface area contributed by atoms with Gasteiger partial charge >= 0.3 is 12.3 Å². The predicted octanol–water partition coefficient (Wildman–Crippen LogP) is 0.0952. The van der Waals surface area contributed by atoms with Crippen molar-refractivity contribution in [3.05, 3.63) is 0 Å². The van der Waals surface area contributed by atoms with Gasteiger partial charge in [-0.3, -0.25) is 4.79 Å². The molecule has 2 N–H and O–H groups in total. The molecule has 110 valence electrons. The summed E-state index contributed by atoms with van der Waals surface area (Å²) in [6.07, 6.45) is -4.37. The summed E-state index contributed by atoms with van der Waals surface area (Å²) in [4.78, 5) is 23.9. The Bertz CT molecular complexity index is 336. The van der Waals surface area contributed by atoms with E-state index in [1.54, 1.807) is 0 Å². The van der Waals surface area contributed by atoms with Gasteiger partial charge in [-0.15, -0.1) is 0 Å². The summed E-state index contributed by atoms with van der Waals surface area (Å²) < 4.78 is 40.1. The Balaban J connectivity index is 2.26. The van der Waals surface area contributed by atoms with Crippen molar-refractivity contribution in [2.75, 3.05) is 33.3 Å². The zero-order chi connectivity index (χ0) is 14.5. The lowest BCUT2D eigenvalue weighted by atomic mass is 10.3. The van der Waals surface area contributed by atoms with Crippen molar-refractivity contribution in [1.29, 1.82) is 0 Å². The number of alkyl carbamates (subject to hydrolysis) is 1. The van der Waals surface area contributed by atoms with Crippen LogP contribution in [-0.2, 0) is 9.53 Å². The maximum Gasteiger partial charge on any atom is 0.407 e. The van der Waals surface area contributed by atoms with Gasteiger partial charge in [-0.05, 0) is 6.42 Å². The van der Waals surface area contributed by atoms with E-state index in [9.17, 15) is 22.8 Å². The maximum atomic E-state index is 11.9. The molecular formula is C10H16F3N3O3. The molecule has 1 rings (SSSR count). The van der Waals surface area contributed by atoms with Crippen LogP contribution in [-0.4, -0.2) is 62.4 Å². The summed E-state index contributed by atoms with van der Waals surface area (Å²) in [6, 6.07) is -0.223. The van der Waals surface area contributed by atoms with Gasteiger partial charge in [0.25, 0.3) is 0 Å². The minimum Gasteiger partial charge on any atom is -0.453 e. The van der Waals surface area contributed by atoms with Crippen LogP contribution in [0.15, 0.2) is 0 Å². The van der Waals surface area contributed by atoms with Gasteiger partial charge in [0.05, 0.1) is 26.2 Å². The summed E-state index contributed by atoms with van der Waals surface area (Å²) >= 11 is 0. The second-order valence-corrected chi connectivity index (χ2v) is 4.18. The van der Waals surface area contributed by atoms with E-state index in [0.29, 0.717) is 13.0 Å². The molecule has 0 radical (unpaired) electrons. The number of carbonyl (C=O) groups excluding carboxylic acids is 2. The highest BCUT2D eigenvalue weighted by Gasteiger charge is 2.29. The molecule has 0 aromatic heterocycles. The molecule has 1 aliphatic heterocycles. The van der Waals surface area contributed by atoms with Crippen molar-refractivity contribution >= 4 is 12.0 Å². The number of amides is 2. The molecule has 1 fully saturated rings. The number of methoxy groups -OCH3 is 1. The first-order valence-corrected chi connectivity index (χ1v) is 5.71. The van der Waals surface area contributed by atoms with Crippen molar-refractivity contribution in [3.63, 3.8) is 0 Å². The maximum absolute atomic E-state index is 11.9. The smallest absolute Gasteiger partial charge is 0.407 e. The molecule has 2 amide bonds. The molecule has 19 heavy (non-hydrogen) atoms. The Hall–Kier alpha value is -1.51. The fourth-order valence-corrected chi connectivity index (χ4v) is 1.75. The first-order valence-electron chi connectivity index (χ1n) is 5.71. The van der Waals surface area contributed by atoms with Gasteiger partial charge in [0.1, 0.15) is 0 Å². The van der Waals surface area contributed by atoms with Crippen LogP contribution in [0, 0.1) is 0 Å². The minimum absolute atomic E-state index is 0.223. The quantitative estimate of drug-likeness (QED) is 0.767. The zero-order valence-electron chi connectivity index (χ0n) is 10.4. The Morgan fingerprint density at radius 1 is 1.42 bits per heavy atom. The van der Waals surface area contributed by atoms with Crippen LogP contribution in [0.25, 0.3) is 0 Å². The highest BCUT2D eigenvalue weighted by Crippen LogP contribution is 2.12. The van der Waals surface area contributed by atoms with Gasteiger partial charge in [0.2, 0.25) is 5.91 Å². The summed E-state index contributed by atoms with van der Waals surface area (Å²) in [6.45, 7) is -0.885. The molecule has 1 aliphatic rings. The number of rotatable bonds is 4. The number of alkyl halides is 3. The molecule has 1 heterocycles. The summed E-state index contributed by atoms with van der Waals surface area (Å²) in [5.41, 5.74) is 0. The zero-order valence-corrected chi connectivity index (χ0v) is 10.4. The second kappa shape index (κ2) is 6.60. The van der Waals surface area contributed by atoms with E-state index in [2.05, 4.69) is 10.1 Å². The second-order valence-electron chi connectivity index (χ2n) is 4.18. The van der Waals surface area contributed by atoms with Crippen molar-refractivity contribution < 1.29 is 27.5 Å². The largest absolute Gasteiger partial charge is 0.453 e. The van der Waals surface area contributed by atoms with Crippen LogP contribution >= 0.6 is 0 Å². The number of likely N-dealkylation sites (tertiary alicyclic amines) is 1. The highest BCUT2D eigenvalue weighted by atomic mass is 19.4. The molecule has 0 spiro atoms. The highest BCUT2D eigenvalue weighted by molar-refractivity contribution is 5.78. The number of carbonyl (C=O) groups is 2. The molecule has 0 aromatic rings. The molecule has 1 unspecified atom stereocenters. The number of ether oxygens (including phenoxy) is 1. The SMILES string of the molecule is COC(=O)NC1CCN(C(=O)CNCC(F)(F)F)C1. The monoisotopic (exact) mass is 283 g/mol. The number of hydrogen-bond donors (Lipinski definition) is 2. The Morgan fingerprint density at radius 3 is 2.68 bits per heavy atom. The normalized spacial score (nSPS) is 19.4. The topological polar surface area (TPSA) is 70.7 Å². The molecule has 9 heteroatoms. The van der Waals surface area contributed by atoms with Crippen LogP contribution in [0.3, 0.4) is 0 Å². The van der Waals surface area contributed by atoms with Crippen LogP contribution in [0.4, 0.5) is 18.0 Å². The van der Waals surface area contributed by atoms with Gasteiger partial charge in [-0.1, -0.05) is 0 Å². The van der Waals surface area contributed by atoms with Crippen molar-refractivity contribution in [2.24, 2.45) is 0 Å². The Labute approximate surface area is 108 Å². The lowest BCUT2D eigenvalue weighted by Gasteiger charge is -2.17. The summed E-state index contributed by atoms with van der Waals surface area (Å²) in [5, 5.41) is 4.58. The third-order valence-electron chi connectivity index (χ3n) is 2.65. The standard InChI is InChI=1S/C10H16F3N3O3/c1-19-9(18)15-7-2-3-16(5-7)8(17)4-14-6-10(11,12)13/h7,14H,2-6H2,1H3,(H,15,18). The molecule has 0 aliphatic carbocycles. The molecular weight excluding hydrogens is 267 g/mol. The fraction of sp³-hybridized carbons (Fsp3) is 0.800. The van der Waals surface area contributed by atoms with Crippen molar-refractivity contribution in [1.82, 2.24) is 15.5 Å². The first-order chi connectivity index (χ1) is 8.81. The Morgan fingerprint density at radius 2 is 2.11 bits per heavy atom. The van der Waals surface area contributed by atoms with Crippen LogP contribution < -0.4 is 10.6 Å². The average molecular weight is 283 g/mol. The van der Waals surface area contributed by atoms with Crippen molar-refractivity contribution in [2.45, 2.75) is 18.6 Å². The molecule has 6 nitrogen and oxygen atoms in total. The molecule has 1 saturated heterocycles. The minimum atomic E-state index is -4.33. The lowest BCUT2D eigenvalue weighted by Crippen LogP contribution is -2.42. The number of hydrogen-bond acceptors (Lipinski definition) is 4. The molecule has 0 saturated carbocycles. The van der Waals surface area contributed by atoms with Gasteiger partial charge in [0, 0.05) is 13.1 Å². The number of nitrogens with one attached hydrogen (secondary N) is 2. The lowest BCUT2D eigenvalue weighted by molar-refractivity contribution is -0.133. The van der Waals surface area contributed by atoms with Crippen LogP contribution in [0.1, 0.15) is 6.42 Å². The van der Waals surface area contributed by atoms with E-state index >= 15 is 0 Å².